The van der Waals surface area contributed by atoms with Crippen LogP contribution in [0.15, 0.2) is 71.3 Å². The standard InChI is InChI=1S/C31H35ClF3N7O3/c1-3-22-19-41(29(44)23-8-7-21(32)16-24(23)31(33,34)35)14-15-42(22)25-9-10-30(45-4-2,20-6-5-11-36-17-20)40-27(25)28(43)39-18-26-37-12-13-38-26/h5-11,16-17,22,40H,3-4,12-15,18-19H2,1-2H3,(H,37,38)(H,39,43)/t22-,30?/m1/s1. The minimum absolute atomic E-state index is 0.102. The van der Waals surface area contributed by atoms with Crippen molar-refractivity contribution in [3.8, 4) is 0 Å². The monoisotopic (exact) mass is 645 g/mol. The molecule has 3 aliphatic rings. The van der Waals surface area contributed by atoms with Crippen LogP contribution in [-0.4, -0.2) is 84.4 Å². The largest absolute Gasteiger partial charge is 0.417 e. The summed E-state index contributed by atoms with van der Waals surface area (Å²) in [6, 6.07) is 6.51. The zero-order valence-corrected chi connectivity index (χ0v) is 25.7. The lowest BCUT2D eigenvalue weighted by Gasteiger charge is -2.46. The number of nitrogens with one attached hydrogen (secondary N) is 3. The van der Waals surface area contributed by atoms with Crippen molar-refractivity contribution in [3.05, 3.63) is 88.0 Å². The molecule has 2 amide bonds. The summed E-state index contributed by atoms with van der Waals surface area (Å²) in [6.45, 7) is 6.23. The quantitative estimate of drug-likeness (QED) is 0.382. The SMILES string of the molecule is CCOC1(c2cccnc2)C=CC(N2CCN(C(=O)c3ccc(Cl)cc3C(F)(F)F)C[C@H]2CC)=C(C(=O)NCC2=NCCN2)N1. The van der Waals surface area contributed by atoms with E-state index in [1.54, 1.807) is 18.5 Å². The van der Waals surface area contributed by atoms with Crippen LogP contribution in [0.1, 0.15) is 41.8 Å². The highest BCUT2D eigenvalue weighted by Gasteiger charge is 2.41. The summed E-state index contributed by atoms with van der Waals surface area (Å²) in [4.78, 5) is 39.3. The molecule has 2 atom stereocenters. The molecule has 1 aromatic heterocycles. The molecule has 10 nitrogen and oxygen atoms in total. The van der Waals surface area contributed by atoms with Crippen molar-refractivity contribution < 1.29 is 27.5 Å². The highest BCUT2D eigenvalue weighted by molar-refractivity contribution is 6.30. The van der Waals surface area contributed by atoms with Crippen molar-refractivity contribution in [2.75, 3.05) is 45.9 Å². The van der Waals surface area contributed by atoms with E-state index in [9.17, 15) is 22.8 Å². The van der Waals surface area contributed by atoms with Gasteiger partial charge in [0.25, 0.3) is 11.8 Å². The molecule has 1 aromatic carbocycles. The van der Waals surface area contributed by atoms with Gasteiger partial charge in [0.2, 0.25) is 0 Å². The molecule has 1 unspecified atom stereocenters. The van der Waals surface area contributed by atoms with E-state index in [1.165, 1.54) is 11.0 Å². The van der Waals surface area contributed by atoms with Crippen LogP contribution in [0, 0.1) is 0 Å². The van der Waals surface area contributed by atoms with Crippen molar-refractivity contribution in [3.63, 3.8) is 0 Å². The second-order valence-electron chi connectivity index (χ2n) is 10.8. The maximum Gasteiger partial charge on any atom is 0.417 e. The molecule has 240 valence electrons. The van der Waals surface area contributed by atoms with E-state index in [1.807, 2.05) is 37.0 Å². The topological polar surface area (TPSA) is 111 Å². The number of nitrogens with zero attached hydrogens (tertiary/aromatic N) is 4. The number of ether oxygens (including phenoxy) is 1. The Balaban J connectivity index is 1.45. The Bertz CT molecular complexity index is 1520. The third-order valence-electron chi connectivity index (χ3n) is 7.96. The first-order valence-electron chi connectivity index (χ1n) is 14.8. The minimum atomic E-state index is -4.74. The van der Waals surface area contributed by atoms with Crippen molar-refractivity contribution >= 4 is 29.3 Å². The Morgan fingerprint density at radius 3 is 2.71 bits per heavy atom. The number of rotatable bonds is 9. The molecule has 3 N–H and O–H groups in total. The number of hydrogen-bond acceptors (Lipinski definition) is 8. The van der Waals surface area contributed by atoms with Crippen LogP contribution in [0.25, 0.3) is 0 Å². The van der Waals surface area contributed by atoms with Gasteiger partial charge in [-0.1, -0.05) is 24.6 Å². The lowest BCUT2D eigenvalue weighted by atomic mass is 9.97. The average molecular weight is 646 g/mol. The number of piperazine rings is 1. The van der Waals surface area contributed by atoms with Gasteiger partial charge in [-0.3, -0.25) is 19.6 Å². The number of hydrogen-bond donors (Lipinski definition) is 3. The third-order valence-corrected chi connectivity index (χ3v) is 8.20. The lowest BCUT2D eigenvalue weighted by molar-refractivity contribution is -0.138. The Morgan fingerprint density at radius 1 is 1.22 bits per heavy atom. The molecule has 14 heteroatoms. The molecule has 0 aliphatic carbocycles. The minimum Gasteiger partial charge on any atom is -0.370 e. The van der Waals surface area contributed by atoms with E-state index < -0.39 is 28.9 Å². The molecule has 2 aromatic rings. The molecule has 4 heterocycles. The van der Waals surface area contributed by atoms with Crippen LogP contribution in [0.5, 0.6) is 0 Å². The number of benzene rings is 1. The van der Waals surface area contributed by atoms with Gasteiger partial charge in [-0.2, -0.15) is 13.2 Å². The fraction of sp³-hybridized carbons (Fsp3) is 0.419. The summed E-state index contributed by atoms with van der Waals surface area (Å²) in [5.74, 6) is -0.430. The molecule has 0 saturated carbocycles. The molecule has 0 radical (unpaired) electrons. The van der Waals surface area contributed by atoms with Gasteiger partial charge in [-0.25, -0.2) is 0 Å². The summed E-state index contributed by atoms with van der Waals surface area (Å²) in [5, 5.41) is 9.31. The number of dihydropyridines is 1. The van der Waals surface area contributed by atoms with Crippen molar-refractivity contribution in [1.29, 1.82) is 0 Å². The van der Waals surface area contributed by atoms with Crippen LogP contribution >= 0.6 is 11.6 Å². The summed E-state index contributed by atoms with van der Waals surface area (Å²) in [7, 11) is 0. The number of carbonyl (C=O) groups is 2. The van der Waals surface area contributed by atoms with Crippen LogP contribution in [0.4, 0.5) is 13.2 Å². The Morgan fingerprint density at radius 2 is 2.04 bits per heavy atom. The predicted octanol–water partition coefficient (Wildman–Crippen LogP) is 3.67. The number of pyridine rings is 1. The average Bonchev–Trinajstić information content (AvgIpc) is 3.57. The second-order valence-corrected chi connectivity index (χ2v) is 11.2. The molecular weight excluding hydrogens is 611 g/mol. The van der Waals surface area contributed by atoms with E-state index in [4.69, 9.17) is 16.3 Å². The molecule has 1 saturated heterocycles. The van der Waals surface area contributed by atoms with Gasteiger partial charge in [-0.15, -0.1) is 0 Å². The Hall–Kier alpha value is -4.10. The van der Waals surface area contributed by atoms with Gasteiger partial charge in [0.15, 0.2) is 5.72 Å². The fourth-order valence-electron chi connectivity index (χ4n) is 5.76. The Labute approximate surface area is 264 Å². The van der Waals surface area contributed by atoms with Gasteiger partial charge in [0.1, 0.15) is 11.5 Å². The van der Waals surface area contributed by atoms with Crippen molar-refractivity contribution in [2.45, 2.75) is 38.2 Å². The highest BCUT2D eigenvalue weighted by Crippen LogP contribution is 2.36. The van der Waals surface area contributed by atoms with Crippen LogP contribution in [0.3, 0.4) is 0 Å². The second kappa shape index (κ2) is 13.5. The van der Waals surface area contributed by atoms with E-state index in [0.29, 0.717) is 43.2 Å². The number of amides is 2. The van der Waals surface area contributed by atoms with Crippen LogP contribution < -0.4 is 16.0 Å². The fourth-order valence-corrected chi connectivity index (χ4v) is 5.93. The van der Waals surface area contributed by atoms with Crippen molar-refractivity contribution in [2.24, 2.45) is 4.99 Å². The number of alkyl halides is 3. The van der Waals surface area contributed by atoms with Crippen LogP contribution in [0.2, 0.25) is 5.02 Å². The summed E-state index contributed by atoms with van der Waals surface area (Å²) >= 11 is 5.84. The van der Waals surface area contributed by atoms with E-state index in [0.717, 1.165) is 12.1 Å². The number of aromatic nitrogens is 1. The molecule has 0 bridgehead atoms. The molecule has 5 rings (SSSR count). The normalized spacial score (nSPS) is 21.7. The maximum atomic E-state index is 13.8. The lowest BCUT2D eigenvalue weighted by Crippen LogP contribution is -2.56. The predicted molar refractivity (Wildman–Crippen MR) is 163 cm³/mol. The van der Waals surface area contributed by atoms with Gasteiger partial charge in [-0.05, 0) is 49.8 Å². The molecular formula is C31H35ClF3N7O3. The third kappa shape index (κ3) is 6.94. The van der Waals surface area contributed by atoms with Gasteiger partial charge in [0, 0.05) is 61.8 Å². The van der Waals surface area contributed by atoms with E-state index >= 15 is 0 Å². The summed E-state index contributed by atoms with van der Waals surface area (Å²) < 4.78 is 47.6. The van der Waals surface area contributed by atoms with E-state index in [-0.39, 0.29) is 48.8 Å². The molecule has 45 heavy (non-hydrogen) atoms. The zero-order valence-electron chi connectivity index (χ0n) is 25.0. The summed E-state index contributed by atoms with van der Waals surface area (Å²) in [5.41, 5.74) is -1.17. The van der Waals surface area contributed by atoms with E-state index in [2.05, 4.69) is 25.9 Å². The highest BCUT2D eigenvalue weighted by atomic mass is 35.5. The number of allylic oxidation sites excluding steroid dienone is 1. The number of aliphatic imine (C=N–C) groups is 1. The maximum absolute atomic E-state index is 13.8. The number of carbonyl (C=O) groups excluding carboxylic acids is 2. The van der Waals surface area contributed by atoms with Crippen molar-refractivity contribution in [1.82, 2.24) is 30.7 Å². The first-order valence-corrected chi connectivity index (χ1v) is 15.2. The Kier molecular flexibility index (Phi) is 9.68. The molecule has 0 spiro atoms. The molecule has 3 aliphatic heterocycles. The van der Waals surface area contributed by atoms with Gasteiger partial charge < -0.3 is 30.5 Å². The van der Waals surface area contributed by atoms with Gasteiger partial charge in [0.05, 0.1) is 29.9 Å². The first kappa shape index (κ1) is 32.3. The van der Waals surface area contributed by atoms with Crippen LogP contribution in [-0.2, 0) is 21.4 Å². The number of halogens is 4. The number of amidine groups is 1. The van der Waals surface area contributed by atoms with Gasteiger partial charge >= 0.3 is 6.18 Å². The zero-order chi connectivity index (χ0) is 32.2. The summed E-state index contributed by atoms with van der Waals surface area (Å²) in [6.07, 6.45) is 2.78. The first-order chi connectivity index (χ1) is 21.6. The molecule has 1 fully saturated rings. The smallest absolute Gasteiger partial charge is 0.370 e.